The van der Waals surface area contributed by atoms with Gasteiger partial charge >= 0.3 is 6.18 Å². The van der Waals surface area contributed by atoms with E-state index in [0.29, 0.717) is 18.2 Å². The van der Waals surface area contributed by atoms with E-state index in [1.807, 2.05) is 6.92 Å². The Bertz CT molecular complexity index is 1280. The van der Waals surface area contributed by atoms with Crippen LogP contribution in [0.3, 0.4) is 0 Å². The number of nitrogens with one attached hydrogen (secondary N) is 1. The van der Waals surface area contributed by atoms with Crippen LogP contribution in [0.4, 0.5) is 27.8 Å². The van der Waals surface area contributed by atoms with Crippen LogP contribution in [0, 0.1) is 11.6 Å². The normalized spacial score (nSPS) is 12.5. The first-order valence-corrected chi connectivity index (χ1v) is 9.72. The van der Waals surface area contributed by atoms with Crippen LogP contribution in [0.25, 0.3) is 10.9 Å². The highest BCUT2D eigenvalue weighted by atomic mass is 19.4. The molecule has 2 aromatic carbocycles. The van der Waals surface area contributed by atoms with Crippen LogP contribution in [-0.4, -0.2) is 26.0 Å². The van der Waals surface area contributed by atoms with Gasteiger partial charge in [0.2, 0.25) is 5.88 Å². The summed E-state index contributed by atoms with van der Waals surface area (Å²) < 4.78 is 71.9. The van der Waals surface area contributed by atoms with E-state index in [1.165, 1.54) is 0 Å². The summed E-state index contributed by atoms with van der Waals surface area (Å²) in [6, 6.07) is 9.18. The SMILES string of the molecule is CC(Cc1ccc(Oc2cc(C(F)(F)F)ncn2)cc1)Nc1ncnc2c(F)ccc(F)c12. The first-order valence-electron chi connectivity index (χ1n) is 9.72. The lowest BCUT2D eigenvalue weighted by Gasteiger charge is -2.16. The number of hydrogen-bond acceptors (Lipinski definition) is 6. The Balaban J connectivity index is 1.44. The van der Waals surface area contributed by atoms with Gasteiger partial charge in [0.15, 0.2) is 5.69 Å². The van der Waals surface area contributed by atoms with Crippen LogP contribution in [0.1, 0.15) is 18.2 Å². The van der Waals surface area contributed by atoms with Crippen molar-refractivity contribution >= 4 is 16.7 Å². The maximum Gasteiger partial charge on any atom is 0.433 e. The van der Waals surface area contributed by atoms with Crippen LogP contribution >= 0.6 is 0 Å². The lowest BCUT2D eigenvalue weighted by atomic mass is 10.1. The van der Waals surface area contributed by atoms with Crippen molar-refractivity contribution in [1.29, 1.82) is 0 Å². The van der Waals surface area contributed by atoms with Crippen LogP contribution in [0.5, 0.6) is 11.6 Å². The third-order valence-electron chi connectivity index (χ3n) is 4.69. The van der Waals surface area contributed by atoms with Crippen molar-refractivity contribution in [3.63, 3.8) is 0 Å². The number of nitrogens with zero attached hydrogens (tertiary/aromatic N) is 4. The lowest BCUT2D eigenvalue weighted by molar-refractivity contribution is -0.141. The number of aromatic nitrogens is 4. The molecule has 11 heteroatoms. The molecule has 2 heterocycles. The van der Waals surface area contributed by atoms with Gasteiger partial charge in [0.05, 0.1) is 5.39 Å². The number of halogens is 5. The van der Waals surface area contributed by atoms with Gasteiger partial charge in [-0.1, -0.05) is 12.1 Å². The molecular weight excluding hydrogens is 445 g/mol. The second kappa shape index (κ2) is 8.93. The van der Waals surface area contributed by atoms with Crippen molar-refractivity contribution in [2.45, 2.75) is 25.6 Å². The van der Waals surface area contributed by atoms with E-state index in [2.05, 4.69) is 25.3 Å². The van der Waals surface area contributed by atoms with Gasteiger partial charge in [-0.15, -0.1) is 0 Å². The summed E-state index contributed by atoms with van der Waals surface area (Å²) >= 11 is 0. The number of rotatable bonds is 6. The van der Waals surface area contributed by atoms with Gasteiger partial charge < -0.3 is 10.1 Å². The Hall–Kier alpha value is -3.89. The zero-order chi connectivity index (χ0) is 23.6. The summed E-state index contributed by atoms with van der Waals surface area (Å²) in [5.74, 6) is -1.04. The summed E-state index contributed by atoms with van der Waals surface area (Å²) in [4.78, 5) is 14.7. The number of anilines is 1. The maximum atomic E-state index is 14.2. The molecule has 6 nitrogen and oxygen atoms in total. The highest BCUT2D eigenvalue weighted by Gasteiger charge is 2.33. The smallest absolute Gasteiger partial charge is 0.433 e. The van der Waals surface area contributed by atoms with Crippen molar-refractivity contribution < 1.29 is 26.7 Å². The first kappa shape index (κ1) is 22.3. The predicted molar refractivity (Wildman–Crippen MR) is 110 cm³/mol. The zero-order valence-corrected chi connectivity index (χ0v) is 17.1. The number of hydrogen-bond donors (Lipinski definition) is 1. The van der Waals surface area contributed by atoms with Crippen molar-refractivity contribution in [2.75, 3.05) is 5.32 Å². The van der Waals surface area contributed by atoms with E-state index in [1.54, 1.807) is 24.3 Å². The molecule has 0 aliphatic heterocycles. The second-order valence-electron chi connectivity index (χ2n) is 7.21. The molecule has 1 atom stereocenters. The Morgan fingerprint density at radius 2 is 1.61 bits per heavy atom. The summed E-state index contributed by atoms with van der Waals surface area (Å²) in [7, 11) is 0. The standard InChI is InChI=1S/C22H16F5N5O/c1-12(32-21-19-15(23)6-7-16(24)20(19)30-11-31-21)8-13-2-4-14(5-3-13)33-18-9-17(22(25,26)27)28-10-29-18/h2-7,9-12H,8H2,1H3,(H,30,31,32). The minimum atomic E-state index is -4.60. The zero-order valence-electron chi connectivity index (χ0n) is 17.1. The number of alkyl halides is 3. The Morgan fingerprint density at radius 3 is 2.33 bits per heavy atom. The molecular formula is C22H16F5N5O. The van der Waals surface area contributed by atoms with E-state index in [0.717, 1.165) is 30.4 Å². The lowest BCUT2D eigenvalue weighted by Crippen LogP contribution is -2.19. The van der Waals surface area contributed by atoms with E-state index in [-0.39, 0.29) is 28.6 Å². The van der Waals surface area contributed by atoms with Gasteiger partial charge in [-0.3, -0.25) is 0 Å². The molecule has 0 amide bonds. The highest BCUT2D eigenvalue weighted by molar-refractivity contribution is 5.89. The maximum absolute atomic E-state index is 14.2. The third-order valence-corrected chi connectivity index (χ3v) is 4.69. The molecule has 170 valence electrons. The van der Waals surface area contributed by atoms with Crippen molar-refractivity contribution in [1.82, 2.24) is 19.9 Å². The Kier molecular flexibility index (Phi) is 6.03. The average molecular weight is 461 g/mol. The number of fused-ring (bicyclic) bond motifs is 1. The molecule has 4 aromatic rings. The number of benzene rings is 2. The van der Waals surface area contributed by atoms with E-state index < -0.39 is 23.5 Å². The molecule has 2 aromatic heterocycles. The summed E-state index contributed by atoms with van der Waals surface area (Å²) in [6.07, 6.45) is -2.17. The van der Waals surface area contributed by atoms with Gasteiger partial charge in [-0.25, -0.2) is 28.7 Å². The van der Waals surface area contributed by atoms with E-state index in [4.69, 9.17) is 4.74 Å². The monoisotopic (exact) mass is 461 g/mol. The van der Waals surface area contributed by atoms with Crippen molar-refractivity contribution in [3.05, 3.63) is 78.0 Å². The molecule has 0 aliphatic carbocycles. The molecule has 0 fully saturated rings. The fraction of sp³-hybridized carbons (Fsp3) is 0.182. The van der Waals surface area contributed by atoms with E-state index >= 15 is 0 Å². The summed E-state index contributed by atoms with van der Waals surface area (Å²) in [5.41, 5.74) is -0.344. The molecule has 33 heavy (non-hydrogen) atoms. The number of ether oxygens (including phenoxy) is 1. The first-order chi connectivity index (χ1) is 15.7. The average Bonchev–Trinajstić information content (AvgIpc) is 2.77. The van der Waals surface area contributed by atoms with Crippen molar-refractivity contribution in [2.24, 2.45) is 0 Å². The van der Waals surface area contributed by atoms with Crippen molar-refractivity contribution in [3.8, 4) is 11.6 Å². The van der Waals surface area contributed by atoms with Gasteiger partial charge in [0.25, 0.3) is 0 Å². The van der Waals surface area contributed by atoms with E-state index in [9.17, 15) is 22.0 Å². The molecule has 0 aliphatic rings. The quantitative estimate of drug-likeness (QED) is 0.380. The van der Waals surface area contributed by atoms with Gasteiger partial charge in [0, 0.05) is 12.1 Å². The molecule has 4 rings (SSSR count). The van der Waals surface area contributed by atoms with Crippen LogP contribution in [0.2, 0.25) is 0 Å². The molecule has 0 spiro atoms. The van der Waals surface area contributed by atoms with Crippen LogP contribution < -0.4 is 10.1 Å². The third kappa shape index (κ3) is 5.13. The highest BCUT2D eigenvalue weighted by Crippen LogP contribution is 2.30. The topological polar surface area (TPSA) is 72.8 Å². The van der Waals surface area contributed by atoms with Crippen LogP contribution in [0.15, 0.2) is 55.1 Å². The van der Waals surface area contributed by atoms with Crippen LogP contribution in [-0.2, 0) is 12.6 Å². The molecule has 0 radical (unpaired) electrons. The fourth-order valence-electron chi connectivity index (χ4n) is 3.21. The Labute approximate surface area is 184 Å². The molecule has 0 bridgehead atoms. The minimum absolute atomic E-state index is 0.0313. The minimum Gasteiger partial charge on any atom is -0.439 e. The molecule has 1 unspecified atom stereocenters. The summed E-state index contributed by atoms with van der Waals surface area (Å²) in [5, 5.41) is 3.03. The van der Waals surface area contributed by atoms with Gasteiger partial charge in [-0.05, 0) is 43.2 Å². The molecule has 0 saturated carbocycles. The summed E-state index contributed by atoms with van der Waals surface area (Å²) in [6.45, 7) is 1.84. The predicted octanol–water partition coefficient (Wildman–Crippen LogP) is 5.55. The van der Waals surface area contributed by atoms with Gasteiger partial charge in [0.1, 0.15) is 41.4 Å². The Morgan fingerprint density at radius 1 is 0.909 bits per heavy atom. The molecule has 0 saturated heterocycles. The largest absolute Gasteiger partial charge is 0.439 e. The molecule has 1 N–H and O–H groups in total. The second-order valence-corrected chi connectivity index (χ2v) is 7.21. The van der Waals surface area contributed by atoms with Gasteiger partial charge in [-0.2, -0.15) is 13.2 Å². The fourth-order valence-corrected chi connectivity index (χ4v) is 3.21.